The van der Waals surface area contributed by atoms with E-state index >= 15 is 0 Å². The summed E-state index contributed by atoms with van der Waals surface area (Å²) in [5.41, 5.74) is 4.88. The van der Waals surface area contributed by atoms with E-state index in [0.29, 0.717) is 5.92 Å². The number of hydrogen-bond donors (Lipinski definition) is 2. The summed E-state index contributed by atoms with van der Waals surface area (Å²) < 4.78 is 0. The molecule has 110 valence electrons. The first-order chi connectivity index (χ1) is 9.24. The van der Waals surface area contributed by atoms with Crippen LogP contribution in [0, 0.1) is 5.92 Å². The van der Waals surface area contributed by atoms with E-state index in [9.17, 15) is 5.11 Å². The number of nitrogens with zero attached hydrogens (tertiary/aromatic N) is 2. The fourth-order valence-electron chi connectivity index (χ4n) is 3.17. The summed E-state index contributed by atoms with van der Waals surface area (Å²) in [6, 6.07) is 0. The number of hydrogen-bond acceptors (Lipinski definition) is 4. The molecule has 1 aliphatic carbocycles. The molecule has 0 amide bonds. The molecule has 4 heteroatoms. The fraction of sp³-hybridized carbons (Fsp3) is 0.867. The highest BCUT2D eigenvalue weighted by molar-refractivity contribution is 5.07. The van der Waals surface area contributed by atoms with Gasteiger partial charge in [0, 0.05) is 25.6 Å². The molecule has 1 aliphatic heterocycles. The van der Waals surface area contributed by atoms with Crippen molar-refractivity contribution in [2.45, 2.75) is 52.2 Å². The molecule has 0 spiro atoms. The summed E-state index contributed by atoms with van der Waals surface area (Å²) in [4.78, 5) is 2.47. The van der Waals surface area contributed by atoms with Crippen molar-refractivity contribution in [1.29, 1.82) is 0 Å². The first kappa shape index (κ1) is 15.0. The lowest BCUT2D eigenvalue weighted by molar-refractivity contribution is -0.135. The maximum Gasteiger partial charge on any atom is 0.125 e. The number of allylic oxidation sites excluding steroid dienone is 1. The second kappa shape index (κ2) is 7.39. The molecule has 19 heavy (non-hydrogen) atoms. The Morgan fingerprint density at radius 3 is 2.84 bits per heavy atom. The van der Waals surface area contributed by atoms with Gasteiger partial charge >= 0.3 is 0 Å². The topological polar surface area (TPSA) is 38.7 Å². The van der Waals surface area contributed by atoms with Crippen molar-refractivity contribution >= 4 is 0 Å². The molecule has 2 rings (SSSR count). The number of aliphatic hydroxyl groups excluding tert-OH is 1. The predicted octanol–water partition coefficient (Wildman–Crippen LogP) is 1.93. The van der Waals surface area contributed by atoms with Crippen LogP contribution in [0.5, 0.6) is 0 Å². The molecule has 0 saturated carbocycles. The van der Waals surface area contributed by atoms with E-state index in [4.69, 9.17) is 0 Å². The van der Waals surface area contributed by atoms with Crippen LogP contribution in [0.3, 0.4) is 0 Å². The van der Waals surface area contributed by atoms with Gasteiger partial charge in [-0.05, 0) is 32.1 Å². The molecule has 1 heterocycles. The molecule has 0 aromatic rings. The highest BCUT2D eigenvalue weighted by atomic mass is 16.3. The summed E-state index contributed by atoms with van der Waals surface area (Å²) in [7, 11) is 0. The van der Waals surface area contributed by atoms with E-state index in [2.05, 4.69) is 30.2 Å². The molecule has 0 bridgehead atoms. The Kier molecular flexibility index (Phi) is 5.82. The van der Waals surface area contributed by atoms with E-state index < -0.39 is 0 Å². The Morgan fingerprint density at radius 1 is 1.37 bits per heavy atom. The third-order valence-corrected chi connectivity index (χ3v) is 4.28. The first-order valence-electron chi connectivity index (χ1n) is 7.83. The van der Waals surface area contributed by atoms with E-state index in [1.165, 1.54) is 25.7 Å². The molecule has 0 radical (unpaired) electrons. The highest BCUT2D eigenvalue weighted by Crippen LogP contribution is 2.23. The van der Waals surface area contributed by atoms with Crippen LogP contribution in [0.2, 0.25) is 0 Å². The van der Waals surface area contributed by atoms with Gasteiger partial charge in [0.1, 0.15) is 6.23 Å². The Balaban J connectivity index is 1.94. The van der Waals surface area contributed by atoms with Gasteiger partial charge in [0.05, 0.1) is 6.67 Å². The summed E-state index contributed by atoms with van der Waals surface area (Å²) >= 11 is 0. The summed E-state index contributed by atoms with van der Waals surface area (Å²) in [5, 5.41) is 12.3. The largest absolute Gasteiger partial charge is 0.377 e. The molecule has 1 fully saturated rings. The standard InChI is InChI=1S/C15H29N3O/c1-3-14-11-17(10-13-8-6-5-7-9-13)12-18(15(14)19)16-4-2/h8,14-16,19H,3-7,9-12H2,1-2H3. The maximum atomic E-state index is 10.3. The lowest BCUT2D eigenvalue weighted by atomic mass is 9.97. The van der Waals surface area contributed by atoms with Crippen molar-refractivity contribution < 1.29 is 5.11 Å². The van der Waals surface area contributed by atoms with Gasteiger partial charge in [-0.25, -0.2) is 5.01 Å². The van der Waals surface area contributed by atoms with Crippen molar-refractivity contribution in [3.05, 3.63) is 11.6 Å². The minimum atomic E-state index is -0.346. The van der Waals surface area contributed by atoms with Gasteiger partial charge in [-0.1, -0.05) is 25.5 Å². The zero-order valence-electron chi connectivity index (χ0n) is 12.4. The quantitative estimate of drug-likeness (QED) is 0.747. The van der Waals surface area contributed by atoms with Crippen LogP contribution in [-0.4, -0.2) is 47.5 Å². The molecular weight excluding hydrogens is 238 g/mol. The predicted molar refractivity (Wildman–Crippen MR) is 78.3 cm³/mol. The summed E-state index contributed by atoms with van der Waals surface area (Å²) in [6.07, 6.45) is 8.31. The van der Waals surface area contributed by atoms with Gasteiger partial charge in [-0.15, -0.1) is 0 Å². The van der Waals surface area contributed by atoms with E-state index in [0.717, 1.165) is 32.7 Å². The number of rotatable bonds is 5. The molecule has 2 unspecified atom stereocenters. The van der Waals surface area contributed by atoms with Crippen molar-refractivity contribution in [3.8, 4) is 0 Å². The van der Waals surface area contributed by atoms with E-state index in [1.54, 1.807) is 5.57 Å². The van der Waals surface area contributed by atoms with Crippen LogP contribution < -0.4 is 5.43 Å². The van der Waals surface area contributed by atoms with Crippen molar-refractivity contribution in [2.75, 3.05) is 26.3 Å². The highest BCUT2D eigenvalue weighted by Gasteiger charge is 2.32. The zero-order valence-corrected chi connectivity index (χ0v) is 12.4. The van der Waals surface area contributed by atoms with Gasteiger partial charge in [-0.2, -0.15) is 0 Å². The Labute approximate surface area is 117 Å². The SMILES string of the molecule is CCNN1CN(CC2=CCCCC2)CC(CC)C1O. The lowest BCUT2D eigenvalue weighted by Gasteiger charge is -2.44. The molecular formula is C15H29N3O. The maximum absolute atomic E-state index is 10.3. The third kappa shape index (κ3) is 4.02. The smallest absolute Gasteiger partial charge is 0.125 e. The minimum absolute atomic E-state index is 0.344. The molecule has 2 N–H and O–H groups in total. The van der Waals surface area contributed by atoms with Crippen LogP contribution in [0.4, 0.5) is 0 Å². The zero-order chi connectivity index (χ0) is 13.7. The Morgan fingerprint density at radius 2 is 2.21 bits per heavy atom. The van der Waals surface area contributed by atoms with Crippen molar-refractivity contribution in [2.24, 2.45) is 5.92 Å². The van der Waals surface area contributed by atoms with Crippen LogP contribution in [0.15, 0.2) is 11.6 Å². The van der Waals surface area contributed by atoms with E-state index in [1.807, 2.05) is 5.01 Å². The number of hydrazine groups is 1. The van der Waals surface area contributed by atoms with Crippen LogP contribution in [0.1, 0.15) is 46.0 Å². The average Bonchev–Trinajstić information content (AvgIpc) is 2.43. The minimum Gasteiger partial charge on any atom is -0.377 e. The molecule has 1 saturated heterocycles. The summed E-state index contributed by atoms with van der Waals surface area (Å²) in [5.74, 6) is 0.344. The molecule has 0 aromatic carbocycles. The normalized spacial score (nSPS) is 30.4. The number of nitrogens with one attached hydrogen (secondary N) is 1. The van der Waals surface area contributed by atoms with Gasteiger partial charge in [0.15, 0.2) is 0 Å². The Hall–Kier alpha value is -0.420. The molecule has 2 atom stereocenters. The summed E-state index contributed by atoms with van der Waals surface area (Å²) in [6.45, 7) is 8.02. The Bertz CT molecular complexity index is 306. The second-order valence-corrected chi connectivity index (χ2v) is 5.82. The second-order valence-electron chi connectivity index (χ2n) is 5.82. The van der Waals surface area contributed by atoms with Crippen molar-refractivity contribution in [1.82, 2.24) is 15.3 Å². The van der Waals surface area contributed by atoms with Gasteiger partial charge in [0.2, 0.25) is 0 Å². The van der Waals surface area contributed by atoms with E-state index in [-0.39, 0.29) is 6.23 Å². The lowest BCUT2D eigenvalue weighted by Crippen LogP contribution is -2.60. The fourth-order valence-corrected chi connectivity index (χ4v) is 3.17. The van der Waals surface area contributed by atoms with Crippen LogP contribution >= 0.6 is 0 Å². The third-order valence-electron chi connectivity index (χ3n) is 4.28. The number of aliphatic hydroxyl groups is 1. The van der Waals surface area contributed by atoms with Gasteiger partial charge in [-0.3, -0.25) is 10.3 Å². The van der Waals surface area contributed by atoms with Crippen molar-refractivity contribution in [3.63, 3.8) is 0 Å². The van der Waals surface area contributed by atoms with Gasteiger partial charge < -0.3 is 5.11 Å². The molecule has 0 aromatic heterocycles. The molecule has 4 nitrogen and oxygen atoms in total. The van der Waals surface area contributed by atoms with Crippen LogP contribution in [0.25, 0.3) is 0 Å². The first-order valence-corrected chi connectivity index (χ1v) is 7.83. The molecule has 2 aliphatic rings. The van der Waals surface area contributed by atoms with Gasteiger partial charge in [0.25, 0.3) is 0 Å². The monoisotopic (exact) mass is 267 g/mol. The average molecular weight is 267 g/mol. The van der Waals surface area contributed by atoms with Crippen LogP contribution in [-0.2, 0) is 0 Å².